The Labute approximate surface area is 205 Å². The number of carbonyl (C=O) groups is 1. The molecule has 0 atom stereocenters. The van der Waals surface area contributed by atoms with Gasteiger partial charge in [0.15, 0.2) is 5.65 Å². The standard InChI is InChI=1S/C27H35N5O3/c1-5-32-24-23(26(34)30-27(32)35)21(14-22(29-24)17(2)3)25(33)28-15-19-6-8-20(9-7-19)16-31-12-10-18(4)11-13-31/h6-9,14,17-18H,5,10-13,15-16H2,1-4H3,(H,28,33)(H,30,34,35). The maximum absolute atomic E-state index is 13.2. The topological polar surface area (TPSA) is 100 Å². The molecule has 3 heterocycles. The van der Waals surface area contributed by atoms with Crippen molar-refractivity contribution in [3.63, 3.8) is 0 Å². The summed E-state index contributed by atoms with van der Waals surface area (Å²) in [5.74, 6) is 0.482. The van der Waals surface area contributed by atoms with Crippen LogP contribution in [0.5, 0.6) is 0 Å². The van der Waals surface area contributed by atoms with E-state index >= 15 is 0 Å². The Morgan fingerprint density at radius 1 is 1.14 bits per heavy atom. The van der Waals surface area contributed by atoms with Gasteiger partial charge in [-0.15, -0.1) is 0 Å². The molecule has 1 amide bonds. The van der Waals surface area contributed by atoms with E-state index in [0.717, 1.165) is 31.1 Å². The van der Waals surface area contributed by atoms with E-state index in [0.29, 0.717) is 18.8 Å². The molecule has 0 radical (unpaired) electrons. The van der Waals surface area contributed by atoms with Crippen LogP contribution < -0.4 is 16.6 Å². The summed E-state index contributed by atoms with van der Waals surface area (Å²) in [6.07, 6.45) is 2.51. The Morgan fingerprint density at radius 3 is 2.43 bits per heavy atom. The third-order valence-corrected chi connectivity index (χ3v) is 6.88. The maximum Gasteiger partial charge on any atom is 0.329 e. The summed E-state index contributed by atoms with van der Waals surface area (Å²) in [5.41, 5.74) is 2.26. The highest BCUT2D eigenvalue weighted by atomic mass is 16.2. The number of hydrogen-bond donors (Lipinski definition) is 2. The number of rotatable bonds is 7. The SMILES string of the molecule is CCn1c(=O)[nH]c(=O)c2c(C(=O)NCc3ccc(CN4CCC(C)CC4)cc3)cc(C(C)C)nc21. The first kappa shape index (κ1) is 24.9. The summed E-state index contributed by atoms with van der Waals surface area (Å²) < 4.78 is 1.39. The second-order valence-electron chi connectivity index (χ2n) is 9.91. The summed E-state index contributed by atoms with van der Waals surface area (Å²) in [6, 6.07) is 9.96. The largest absolute Gasteiger partial charge is 0.348 e. The minimum Gasteiger partial charge on any atom is -0.348 e. The van der Waals surface area contributed by atoms with Gasteiger partial charge in [-0.05, 0) is 61.9 Å². The van der Waals surface area contributed by atoms with E-state index in [9.17, 15) is 14.4 Å². The average Bonchev–Trinajstić information content (AvgIpc) is 2.84. The molecule has 4 rings (SSSR count). The number of likely N-dealkylation sites (tertiary alicyclic amines) is 1. The normalized spacial score (nSPS) is 15.1. The van der Waals surface area contributed by atoms with Gasteiger partial charge >= 0.3 is 5.69 Å². The molecule has 1 aromatic carbocycles. The number of hydrogen-bond acceptors (Lipinski definition) is 5. The number of aromatic nitrogens is 3. The lowest BCUT2D eigenvalue weighted by Gasteiger charge is -2.30. The maximum atomic E-state index is 13.2. The number of fused-ring (bicyclic) bond motifs is 1. The Morgan fingerprint density at radius 2 is 1.80 bits per heavy atom. The molecule has 2 N–H and O–H groups in total. The van der Waals surface area contributed by atoms with Gasteiger partial charge in [0.25, 0.3) is 11.5 Å². The molecular formula is C27H35N5O3. The number of H-pyrrole nitrogens is 1. The fourth-order valence-electron chi connectivity index (χ4n) is 4.58. The van der Waals surface area contributed by atoms with Gasteiger partial charge in [0.1, 0.15) is 0 Å². The van der Waals surface area contributed by atoms with Crippen molar-refractivity contribution >= 4 is 16.9 Å². The number of aromatic amines is 1. The van der Waals surface area contributed by atoms with Crippen LogP contribution in [0.1, 0.15) is 73.6 Å². The number of nitrogens with one attached hydrogen (secondary N) is 2. The van der Waals surface area contributed by atoms with Gasteiger partial charge in [-0.25, -0.2) is 9.78 Å². The molecule has 2 aromatic heterocycles. The highest BCUT2D eigenvalue weighted by molar-refractivity contribution is 6.05. The zero-order valence-electron chi connectivity index (χ0n) is 21.1. The third kappa shape index (κ3) is 5.53. The number of amides is 1. The molecule has 1 aliphatic heterocycles. The summed E-state index contributed by atoms with van der Waals surface area (Å²) in [4.78, 5) is 47.5. The van der Waals surface area contributed by atoms with Crippen LogP contribution in [-0.2, 0) is 19.6 Å². The Bertz CT molecular complexity index is 1320. The van der Waals surface area contributed by atoms with Crippen LogP contribution in [0.4, 0.5) is 0 Å². The molecule has 1 fully saturated rings. The molecule has 0 unspecified atom stereocenters. The van der Waals surface area contributed by atoms with Gasteiger partial charge in [0, 0.05) is 25.3 Å². The first-order valence-electron chi connectivity index (χ1n) is 12.5. The van der Waals surface area contributed by atoms with Crippen LogP contribution in [0, 0.1) is 5.92 Å². The minimum atomic E-state index is -0.598. The molecule has 8 heteroatoms. The van der Waals surface area contributed by atoms with E-state index in [1.54, 1.807) is 13.0 Å². The molecule has 186 valence electrons. The van der Waals surface area contributed by atoms with Gasteiger partial charge in [0.2, 0.25) is 0 Å². The highest BCUT2D eigenvalue weighted by Gasteiger charge is 2.20. The van der Waals surface area contributed by atoms with E-state index in [1.807, 2.05) is 26.0 Å². The van der Waals surface area contributed by atoms with E-state index in [2.05, 4.69) is 39.2 Å². The number of pyridine rings is 1. The van der Waals surface area contributed by atoms with Crippen LogP contribution in [0.2, 0.25) is 0 Å². The van der Waals surface area contributed by atoms with Crippen molar-refractivity contribution in [3.05, 3.63) is 73.6 Å². The zero-order valence-corrected chi connectivity index (χ0v) is 21.1. The van der Waals surface area contributed by atoms with E-state index in [1.165, 1.54) is 23.0 Å². The van der Waals surface area contributed by atoms with Crippen LogP contribution in [0.3, 0.4) is 0 Å². The van der Waals surface area contributed by atoms with Crippen molar-refractivity contribution in [3.8, 4) is 0 Å². The molecule has 1 saturated heterocycles. The Kier molecular flexibility index (Phi) is 7.50. The zero-order chi connectivity index (χ0) is 25.1. The number of carbonyl (C=O) groups excluding carboxylic acids is 1. The predicted octanol–water partition coefficient (Wildman–Crippen LogP) is 3.39. The van der Waals surface area contributed by atoms with Gasteiger partial charge in [-0.2, -0.15) is 0 Å². The molecule has 8 nitrogen and oxygen atoms in total. The molecule has 1 aliphatic rings. The van der Waals surface area contributed by atoms with Crippen LogP contribution in [0.25, 0.3) is 11.0 Å². The van der Waals surface area contributed by atoms with E-state index in [-0.39, 0.29) is 28.4 Å². The Balaban J connectivity index is 1.53. The second-order valence-corrected chi connectivity index (χ2v) is 9.91. The summed E-state index contributed by atoms with van der Waals surface area (Å²) in [7, 11) is 0. The summed E-state index contributed by atoms with van der Waals surface area (Å²) >= 11 is 0. The molecule has 3 aromatic rings. The molecule has 0 bridgehead atoms. The number of nitrogens with zero attached hydrogens (tertiary/aromatic N) is 3. The molecule has 35 heavy (non-hydrogen) atoms. The van der Waals surface area contributed by atoms with E-state index < -0.39 is 11.2 Å². The smallest absolute Gasteiger partial charge is 0.329 e. The van der Waals surface area contributed by atoms with Crippen LogP contribution in [0.15, 0.2) is 39.9 Å². The van der Waals surface area contributed by atoms with Crippen molar-refractivity contribution in [2.45, 2.75) is 66.1 Å². The molecule has 0 saturated carbocycles. The van der Waals surface area contributed by atoms with Crippen LogP contribution >= 0.6 is 0 Å². The predicted molar refractivity (Wildman–Crippen MR) is 138 cm³/mol. The molecule has 0 aliphatic carbocycles. The second kappa shape index (κ2) is 10.6. The molecule has 0 spiro atoms. The summed E-state index contributed by atoms with van der Waals surface area (Å²) in [6.45, 7) is 12.0. The first-order valence-corrected chi connectivity index (χ1v) is 12.5. The first-order chi connectivity index (χ1) is 16.8. The van der Waals surface area contributed by atoms with Crippen molar-refractivity contribution in [1.82, 2.24) is 24.8 Å². The molecular weight excluding hydrogens is 442 g/mol. The lowest BCUT2D eigenvalue weighted by molar-refractivity contribution is 0.0952. The van der Waals surface area contributed by atoms with Crippen molar-refractivity contribution in [1.29, 1.82) is 0 Å². The van der Waals surface area contributed by atoms with Crippen molar-refractivity contribution < 1.29 is 4.79 Å². The number of piperidine rings is 1. The average molecular weight is 478 g/mol. The van der Waals surface area contributed by atoms with Gasteiger partial charge < -0.3 is 5.32 Å². The lowest BCUT2D eigenvalue weighted by atomic mass is 9.99. The van der Waals surface area contributed by atoms with Gasteiger partial charge in [-0.1, -0.05) is 45.0 Å². The van der Waals surface area contributed by atoms with Gasteiger partial charge in [-0.3, -0.25) is 24.0 Å². The van der Waals surface area contributed by atoms with Crippen molar-refractivity contribution in [2.75, 3.05) is 13.1 Å². The monoisotopic (exact) mass is 477 g/mol. The minimum absolute atomic E-state index is 0.0290. The number of aryl methyl sites for hydroxylation is 1. The summed E-state index contributed by atoms with van der Waals surface area (Å²) in [5, 5.41) is 3.08. The fourth-order valence-corrected chi connectivity index (χ4v) is 4.58. The van der Waals surface area contributed by atoms with E-state index in [4.69, 9.17) is 0 Å². The van der Waals surface area contributed by atoms with Gasteiger partial charge in [0.05, 0.1) is 10.9 Å². The van der Waals surface area contributed by atoms with Crippen molar-refractivity contribution in [2.24, 2.45) is 5.92 Å². The Hall–Kier alpha value is -3.26. The fraction of sp³-hybridized carbons (Fsp3) is 0.481. The number of benzene rings is 1. The third-order valence-electron chi connectivity index (χ3n) is 6.88. The quantitative estimate of drug-likeness (QED) is 0.543. The van der Waals surface area contributed by atoms with Crippen LogP contribution in [-0.4, -0.2) is 38.4 Å². The lowest BCUT2D eigenvalue weighted by Crippen LogP contribution is -2.33. The highest BCUT2D eigenvalue weighted by Crippen LogP contribution is 2.20.